The highest BCUT2D eigenvalue weighted by Gasteiger charge is 2.05. The van der Waals surface area contributed by atoms with Crippen molar-refractivity contribution in [2.45, 2.75) is 12.8 Å². The average Bonchev–Trinajstić information content (AvgIpc) is 2.06. The van der Waals surface area contributed by atoms with Crippen molar-refractivity contribution in [2.24, 2.45) is 5.84 Å². The Hall–Kier alpha value is -1.00. The SMILES string of the molecule is CONC1=CCCC=C1NN. The second kappa shape index (κ2) is 4.00. The summed E-state index contributed by atoms with van der Waals surface area (Å²) in [5, 5.41) is 0. The van der Waals surface area contributed by atoms with E-state index in [0.29, 0.717) is 0 Å². The second-order valence-corrected chi connectivity index (χ2v) is 2.26. The molecule has 0 unspecified atom stereocenters. The van der Waals surface area contributed by atoms with Gasteiger partial charge in [0.15, 0.2) is 0 Å². The summed E-state index contributed by atoms with van der Waals surface area (Å²) in [6.07, 6.45) is 6.12. The first-order chi connectivity index (χ1) is 5.38. The first kappa shape index (κ1) is 8.10. The molecule has 0 aromatic heterocycles. The van der Waals surface area contributed by atoms with Crippen molar-refractivity contribution < 1.29 is 4.84 Å². The molecular formula is C7H13N3O. The maximum atomic E-state index is 5.27. The molecule has 1 rings (SSSR count). The third-order valence-electron chi connectivity index (χ3n) is 1.52. The van der Waals surface area contributed by atoms with E-state index in [1.54, 1.807) is 7.11 Å². The molecule has 0 saturated carbocycles. The fourth-order valence-corrected chi connectivity index (χ4v) is 1.02. The van der Waals surface area contributed by atoms with E-state index >= 15 is 0 Å². The Morgan fingerprint density at radius 3 is 2.55 bits per heavy atom. The summed E-state index contributed by atoms with van der Waals surface area (Å²) < 4.78 is 0. The summed E-state index contributed by atoms with van der Waals surface area (Å²) in [5.41, 5.74) is 7.12. The second-order valence-electron chi connectivity index (χ2n) is 2.26. The molecular weight excluding hydrogens is 142 g/mol. The number of hydrazine groups is 1. The van der Waals surface area contributed by atoms with Gasteiger partial charge in [-0.3, -0.25) is 16.2 Å². The Kier molecular flexibility index (Phi) is 2.95. The fraction of sp³-hybridized carbons (Fsp3) is 0.429. The molecule has 0 aliphatic heterocycles. The van der Waals surface area contributed by atoms with Crippen LogP contribution in [0.5, 0.6) is 0 Å². The molecule has 4 nitrogen and oxygen atoms in total. The minimum atomic E-state index is 0.887. The molecule has 0 saturated heterocycles. The van der Waals surface area contributed by atoms with Gasteiger partial charge in [0.1, 0.15) is 0 Å². The van der Waals surface area contributed by atoms with Gasteiger partial charge < -0.3 is 5.43 Å². The first-order valence-corrected chi connectivity index (χ1v) is 3.54. The highest BCUT2D eigenvalue weighted by Crippen LogP contribution is 2.12. The van der Waals surface area contributed by atoms with Gasteiger partial charge in [-0.25, -0.2) is 0 Å². The third kappa shape index (κ3) is 1.96. The molecule has 4 heteroatoms. The van der Waals surface area contributed by atoms with Gasteiger partial charge in [0, 0.05) is 0 Å². The smallest absolute Gasteiger partial charge is 0.0805 e. The summed E-state index contributed by atoms with van der Waals surface area (Å²) in [6.45, 7) is 0. The zero-order valence-electron chi connectivity index (χ0n) is 6.55. The number of hydroxylamine groups is 1. The summed E-state index contributed by atoms with van der Waals surface area (Å²) >= 11 is 0. The molecule has 0 aromatic carbocycles. The number of hydrogen-bond donors (Lipinski definition) is 3. The number of nitrogens with one attached hydrogen (secondary N) is 2. The van der Waals surface area contributed by atoms with Crippen LogP contribution in [0.15, 0.2) is 23.5 Å². The van der Waals surface area contributed by atoms with E-state index in [4.69, 9.17) is 10.7 Å². The van der Waals surface area contributed by atoms with Crippen LogP contribution in [0, 0.1) is 0 Å². The molecule has 0 amide bonds. The van der Waals surface area contributed by atoms with Gasteiger partial charge >= 0.3 is 0 Å². The van der Waals surface area contributed by atoms with Crippen molar-refractivity contribution in [1.82, 2.24) is 10.9 Å². The highest BCUT2D eigenvalue weighted by molar-refractivity contribution is 5.29. The Morgan fingerprint density at radius 1 is 1.36 bits per heavy atom. The van der Waals surface area contributed by atoms with Crippen LogP contribution in [-0.4, -0.2) is 7.11 Å². The first-order valence-electron chi connectivity index (χ1n) is 3.54. The zero-order chi connectivity index (χ0) is 8.10. The normalized spacial score (nSPS) is 16.9. The van der Waals surface area contributed by atoms with Gasteiger partial charge in [0.05, 0.1) is 18.5 Å². The highest BCUT2D eigenvalue weighted by atomic mass is 16.6. The van der Waals surface area contributed by atoms with Gasteiger partial charge in [0.2, 0.25) is 0 Å². The lowest BCUT2D eigenvalue weighted by Crippen LogP contribution is -2.28. The third-order valence-corrected chi connectivity index (χ3v) is 1.52. The minimum Gasteiger partial charge on any atom is -0.322 e. The van der Waals surface area contributed by atoms with Crippen molar-refractivity contribution in [3.8, 4) is 0 Å². The van der Waals surface area contributed by atoms with Gasteiger partial charge in [-0.15, -0.1) is 0 Å². The molecule has 62 valence electrons. The van der Waals surface area contributed by atoms with Gasteiger partial charge in [-0.1, -0.05) is 12.2 Å². The van der Waals surface area contributed by atoms with E-state index < -0.39 is 0 Å². The number of nitrogens with two attached hydrogens (primary N) is 1. The largest absolute Gasteiger partial charge is 0.322 e. The molecule has 0 aromatic rings. The maximum Gasteiger partial charge on any atom is 0.0805 e. The number of allylic oxidation sites excluding steroid dienone is 2. The minimum absolute atomic E-state index is 0.887. The van der Waals surface area contributed by atoms with E-state index in [-0.39, 0.29) is 0 Å². The summed E-state index contributed by atoms with van der Waals surface area (Å²) in [7, 11) is 1.57. The molecule has 0 fully saturated rings. The fourth-order valence-electron chi connectivity index (χ4n) is 1.02. The van der Waals surface area contributed by atoms with Crippen molar-refractivity contribution in [2.75, 3.05) is 7.11 Å². The molecule has 0 bridgehead atoms. The molecule has 1 aliphatic carbocycles. The predicted octanol–water partition coefficient (Wildman–Crippen LogP) is 0.162. The van der Waals surface area contributed by atoms with Gasteiger partial charge in [-0.05, 0) is 12.8 Å². The number of rotatable bonds is 3. The molecule has 0 heterocycles. The lowest BCUT2D eigenvalue weighted by atomic mass is 10.1. The zero-order valence-corrected chi connectivity index (χ0v) is 6.55. The topological polar surface area (TPSA) is 59.3 Å². The lowest BCUT2D eigenvalue weighted by Gasteiger charge is -2.15. The van der Waals surface area contributed by atoms with Crippen LogP contribution in [0.4, 0.5) is 0 Å². The Labute approximate surface area is 66.0 Å². The van der Waals surface area contributed by atoms with Crippen LogP contribution >= 0.6 is 0 Å². The van der Waals surface area contributed by atoms with Crippen molar-refractivity contribution in [3.63, 3.8) is 0 Å². The van der Waals surface area contributed by atoms with E-state index in [1.807, 2.05) is 12.2 Å². The molecule has 1 aliphatic rings. The van der Waals surface area contributed by atoms with E-state index in [1.165, 1.54) is 0 Å². The van der Waals surface area contributed by atoms with Crippen LogP contribution < -0.4 is 16.7 Å². The quantitative estimate of drug-likeness (QED) is 0.401. The summed E-state index contributed by atoms with van der Waals surface area (Å²) in [6, 6.07) is 0. The predicted molar refractivity (Wildman–Crippen MR) is 42.9 cm³/mol. The molecule has 0 atom stereocenters. The Morgan fingerprint density at radius 2 is 2.00 bits per heavy atom. The Balaban J connectivity index is 2.59. The molecule has 0 spiro atoms. The Bertz CT molecular complexity index is 186. The van der Waals surface area contributed by atoms with Crippen LogP contribution in [0.1, 0.15) is 12.8 Å². The van der Waals surface area contributed by atoms with Crippen LogP contribution in [-0.2, 0) is 4.84 Å². The summed E-state index contributed by atoms with van der Waals surface area (Å²) in [5.74, 6) is 5.27. The van der Waals surface area contributed by atoms with Crippen molar-refractivity contribution in [3.05, 3.63) is 23.5 Å². The van der Waals surface area contributed by atoms with E-state index in [2.05, 4.69) is 10.9 Å². The molecule has 11 heavy (non-hydrogen) atoms. The summed E-state index contributed by atoms with van der Waals surface area (Å²) in [4.78, 5) is 4.76. The van der Waals surface area contributed by atoms with Crippen molar-refractivity contribution in [1.29, 1.82) is 0 Å². The van der Waals surface area contributed by atoms with Crippen LogP contribution in [0.25, 0.3) is 0 Å². The lowest BCUT2D eigenvalue weighted by molar-refractivity contribution is 0.118. The van der Waals surface area contributed by atoms with E-state index in [9.17, 15) is 0 Å². The standard InChI is InChI=1S/C7H13N3O/c1-11-10-7-5-3-2-4-6(7)9-8/h4-5,9-10H,2-3,8H2,1H3. The monoisotopic (exact) mass is 155 g/mol. The van der Waals surface area contributed by atoms with Crippen molar-refractivity contribution >= 4 is 0 Å². The van der Waals surface area contributed by atoms with Crippen LogP contribution in [0.2, 0.25) is 0 Å². The number of hydrogen-bond acceptors (Lipinski definition) is 4. The molecule has 0 radical (unpaired) electrons. The average molecular weight is 155 g/mol. The van der Waals surface area contributed by atoms with Gasteiger partial charge in [-0.2, -0.15) is 0 Å². The van der Waals surface area contributed by atoms with E-state index in [0.717, 1.165) is 24.2 Å². The van der Waals surface area contributed by atoms with Gasteiger partial charge in [0.25, 0.3) is 0 Å². The maximum absolute atomic E-state index is 5.27. The molecule has 4 N–H and O–H groups in total. The van der Waals surface area contributed by atoms with Crippen LogP contribution in [0.3, 0.4) is 0 Å².